The van der Waals surface area contributed by atoms with Crippen LogP contribution in [0.5, 0.6) is 0 Å². The van der Waals surface area contributed by atoms with Gasteiger partial charge in [-0.15, -0.1) is 0 Å². The van der Waals surface area contributed by atoms with Crippen LogP contribution in [0.1, 0.15) is 19.8 Å². The van der Waals surface area contributed by atoms with Gasteiger partial charge >= 0.3 is 12.0 Å². The zero-order valence-corrected chi connectivity index (χ0v) is 11.9. The number of carbonyl (C=O) groups excluding carboxylic acids is 1. The molecule has 20 heavy (non-hydrogen) atoms. The lowest BCUT2D eigenvalue weighted by atomic mass is 10.2. The summed E-state index contributed by atoms with van der Waals surface area (Å²) in [5.41, 5.74) is 0. The minimum Gasteiger partial charge on any atom is -0.480 e. The molecule has 0 spiro atoms. The average Bonchev–Trinajstić information content (AvgIpc) is 2.81. The highest BCUT2D eigenvalue weighted by Crippen LogP contribution is 2.20. The molecule has 114 valence electrons. The number of hydrogen-bond acceptors (Lipinski definition) is 4. The number of likely N-dealkylation sites (tertiary alicyclic amines) is 1. The number of carbonyl (C=O) groups is 2. The number of nitrogens with zero attached hydrogens (tertiary/aromatic N) is 3. The summed E-state index contributed by atoms with van der Waals surface area (Å²) in [7, 11) is 0. The lowest BCUT2D eigenvalue weighted by Crippen LogP contribution is -2.54. The molecule has 0 bridgehead atoms. The summed E-state index contributed by atoms with van der Waals surface area (Å²) in [6.45, 7) is 6.17. The molecule has 7 nitrogen and oxygen atoms in total. The lowest BCUT2D eigenvalue weighted by Gasteiger charge is -2.37. The van der Waals surface area contributed by atoms with Crippen LogP contribution in [0.2, 0.25) is 0 Å². The fourth-order valence-electron chi connectivity index (χ4n) is 2.92. The van der Waals surface area contributed by atoms with Gasteiger partial charge in [-0.25, -0.2) is 9.59 Å². The fraction of sp³-hybridized carbons (Fsp3) is 0.846. The van der Waals surface area contributed by atoms with E-state index < -0.39 is 18.1 Å². The molecule has 2 fully saturated rings. The van der Waals surface area contributed by atoms with E-state index in [1.807, 2.05) is 0 Å². The molecule has 2 N–H and O–H groups in total. The van der Waals surface area contributed by atoms with Gasteiger partial charge in [0.1, 0.15) is 6.04 Å². The first-order valence-electron chi connectivity index (χ1n) is 7.21. The van der Waals surface area contributed by atoms with Gasteiger partial charge in [-0.2, -0.15) is 0 Å². The summed E-state index contributed by atoms with van der Waals surface area (Å²) in [5.74, 6) is -1.04. The number of rotatable bonds is 3. The third kappa shape index (κ3) is 3.21. The first kappa shape index (κ1) is 15.1. The number of β-amino-alcohol motifs (C(OH)–C–C–N with tert-alkyl or cyclic N) is 1. The third-order valence-electron chi connectivity index (χ3n) is 3.99. The van der Waals surface area contributed by atoms with Crippen molar-refractivity contribution in [3.63, 3.8) is 0 Å². The second kappa shape index (κ2) is 6.41. The Hall–Kier alpha value is -1.34. The zero-order chi connectivity index (χ0) is 14.7. The van der Waals surface area contributed by atoms with Gasteiger partial charge in [-0.1, -0.05) is 6.92 Å². The fourth-order valence-corrected chi connectivity index (χ4v) is 2.92. The van der Waals surface area contributed by atoms with E-state index in [1.165, 1.54) is 4.90 Å². The van der Waals surface area contributed by atoms with E-state index in [-0.39, 0.29) is 19.0 Å². The first-order valence-corrected chi connectivity index (χ1v) is 7.21. The van der Waals surface area contributed by atoms with E-state index in [9.17, 15) is 14.7 Å². The molecule has 0 aromatic carbocycles. The summed E-state index contributed by atoms with van der Waals surface area (Å²) < 4.78 is 0. The maximum atomic E-state index is 12.4. The zero-order valence-electron chi connectivity index (χ0n) is 11.9. The summed E-state index contributed by atoms with van der Waals surface area (Å²) in [5, 5.41) is 18.7. The van der Waals surface area contributed by atoms with Crippen molar-refractivity contribution in [1.29, 1.82) is 0 Å². The van der Waals surface area contributed by atoms with E-state index in [0.29, 0.717) is 13.1 Å². The van der Waals surface area contributed by atoms with Crippen LogP contribution in [-0.4, -0.2) is 88.3 Å². The summed E-state index contributed by atoms with van der Waals surface area (Å²) >= 11 is 0. The van der Waals surface area contributed by atoms with Crippen molar-refractivity contribution in [1.82, 2.24) is 14.7 Å². The standard InChI is InChI=1S/C13H23N3O4/c1-2-3-14-4-6-15(7-5-14)13(20)16-9-10(17)8-11(16)12(18)19/h10-11,17H,2-9H2,1H3,(H,18,19)/t10-,11+/m1/s1. The summed E-state index contributed by atoms with van der Waals surface area (Å²) in [6, 6.07) is -1.16. The van der Waals surface area contributed by atoms with Crippen molar-refractivity contribution >= 4 is 12.0 Å². The molecule has 0 unspecified atom stereocenters. The third-order valence-corrected chi connectivity index (χ3v) is 3.99. The number of aliphatic hydroxyl groups is 1. The first-order chi connectivity index (χ1) is 9.52. The summed E-state index contributed by atoms with van der Waals surface area (Å²) in [4.78, 5) is 28.8. The van der Waals surface area contributed by atoms with Crippen LogP contribution in [0.3, 0.4) is 0 Å². The number of aliphatic carboxylic acids is 1. The minimum atomic E-state index is -1.04. The Kier molecular flexibility index (Phi) is 4.82. The number of urea groups is 1. The number of aliphatic hydroxyl groups excluding tert-OH is 1. The number of piperazine rings is 1. The Morgan fingerprint density at radius 1 is 1.20 bits per heavy atom. The predicted octanol–water partition coefficient (Wildman–Crippen LogP) is -0.346. The van der Waals surface area contributed by atoms with E-state index in [2.05, 4.69) is 11.8 Å². The second-order valence-electron chi connectivity index (χ2n) is 5.51. The molecule has 2 atom stereocenters. The Morgan fingerprint density at radius 2 is 1.85 bits per heavy atom. The van der Waals surface area contributed by atoms with Crippen LogP contribution in [0, 0.1) is 0 Å². The molecule has 2 amide bonds. The van der Waals surface area contributed by atoms with Gasteiger partial charge in [0, 0.05) is 39.1 Å². The molecule has 2 aliphatic heterocycles. The van der Waals surface area contributed by atoms with Crippen LogP contribution < -0.4 is 0 Å². The van der Waals surface area contributed by atoms with Crippen LogP contribution in [0.4, 0.5) is 4.79 Å². The topological polar surface area (TPSA) is 84.3 Å². The number of amides is 2. The van der Waals surface area contributed by atoms with E-state index >= 15 is 0 Å². The predicted molar refractivity (Wildman–Crippen MR) is 72.5 cm³/mol. The Balaban J connectivity index is 1.93. The Labute approximate surface area is 118 Å². The van der Waals surface area contributed by atoms with E-state index in [1.54, 1.807) is 4.90 Å². The highest BCUT2D eigenvalue weighted by molar-refractivity contribution is 5.83. The van der Waals surface area contributed by atoms with Crippen molar-refractivity contribution in [2.24, 2.45) is 0 Å². The average molecular weight is 285 g/mol. The Bertz CT molecular complexity index is 369. The van der Waals surface area contributed by atoms with E-state index in [0.717, 1.165) is 26.1 Å². The minimum absolute atomic E-state index is 0.116. The van der Waals surface area contributed by atoms with Gasteiger partial charge in [0.2, 0.25) is 0 Å². The van der Waals surface area contributed by atoms with Gasteiger partial charge in [-0.3, -0.25) is 4.90 Å². The molecule has 2 heterocycles. The molecular weight excluding hydrogens is 262 g/mol. The monoisotopic (exact) mass is 285 g/mol. The molecule has 2 rings (SSSR count). The van der Waals surface area contributed by atoms with Gasteiger partial charge in [-0.05, 0) is 13.0 Å². The molecule has 0 aromatic rings. The molecule has 0 radical (unpaired) electrons. The Morgan fingerprint density at radius 3 is 2.40 bits per heavy atom. The van der Waals surface area contributed by atoms with Crippen molar-refractivity contribution in [2.45, 2.75) is 31.9 Å². The molecule has 7 heteroatoms. The van der Waals surface area contributed by atoms with Crippen molar-refractivity contribution in [2.75, 3.05) is 39.3 Å². The molecule has 0 aromatic heterocycles. The smallest absolute Gasteiger partial charge is 0.326 e. The molecule has 0 saturated carbocycles. The maximum absolute atomic E-state index is 12.4. The van der Waals surface area contributed by atoms with Crippen molar-refractivity contribution in [3.05, 3.63) is 0 Å². The number of carboxylic acids is 1. The molecular formula is C13H23N3O4. The highest BCUT2D eigenvalue weighted by Gasteiger charge is 2.41. The summed E-state index contributed by atoms with van der Waals surface area (Å²) in [6.07, 6.45) is 0.478. The van der Waals surface area contributed by atoms with Gasteiger partial charge < -0.3 is 20.0 Å². The van der Waals surface area contributed by atoms with Crippen LogP contribution in [-0.2, 0) is 4.79 Å². The van der Waals surface area contributed by atoms with Crippen LogP contribution in [0.15, 0.2) is 0 Å². The van der Waals surface area contributed by atoms with Crippen LogP contribution >= 0.6 is 0 Å². The molecule has 0 aliphatic carbocycles. The maximum Gasteiger partial charge on any atom is 0.326 e. The highest BCUT2D eigenvalue weighted by atomic mass is 16.4. The lowest BCUT2D eigenvalue weighted by molar-refractivity contribution is -0.141. The quantitative estimate of drug-likeness (QED) is 0.741. The SMILES string of the molecule is CCCN1CCN(C(=O)N2C[C@H](O)C[C@H]2C(=O)O)CC1. The second-order valence-corrected chi connectivity index (χ2v) is 5.51. The molecule has 2 aliphatic rings. The van der Waals surface area contributed by atoms with E-state index in [4.69, 9.17) is 5.11 Å². The van der Waals surface area contributed by atoms with Gasteiger partial charge in [0.05, 0.1) is 6.10 Å². The van der Waals surface area contributed by atoms with Gasteiger partial charge in [0.25, 0.3) is 0 Å². The number of hydrogen-bond donors (Lipinski definition) is 2. The van der Waals surface area contributed by atoms with Crippen LogP contribution in [0.25, 0.3) is 0 Å². The van der Waals surface area contributed by atoms with Gasteiger partial charge in [0.15, 0.2) is 0 Å². The van der Waals surface area contributed by atoms with Crippen molar-refractivity contribution in [3.8, 4) is 0 Å². The largest absolute Gasteiger partial charge is 0.480 e. The molecule has 2 saturated heterocycles. The number of carboxylic acid groups (broad SMARTS) is 1. The van der Waals surface area contributed by atoms with Crippen molar-refractivity contribution < 1.29 is 19.8 Å². The normalized spacial score (nSPS) is 27.9.